The van der Waals surface area contributed by atoms with Crippen LogP contribution in [0.15, 0.2) is 28.7 Å². The number of nitrogens with one attached hydrogen (secondary N) is 1. The number of hydrogen-bond acceptors (Lipinski definition) is 8. The smallest absolute Gasteiger partial charge is 0.465 e. The summed E-state index contributed by atoms with van der Waals surface area (Å²) in [4.78, 5) is 25.1. The Morgan fingerprint density at radius 3 is 2.36 bits per heavy atom. The van der Waals surface area contributed by atoms with Crippen LogP contribution in [0.25, 0.3) is 0 Å². The molecule has 0 aliphatic carbocycles. The first-order valence-corrected chi connectivity index (χ1v) is 10.1. The molecule has 2 amide bonds. The number of nitrogens with zero attached hydrogens (tertiary/aromatic N) is 3. The molecule has 0 unspecified atom stereocenters. The molecule has 1 aromatic carbocycles. The Hall–Kier alpha value is -3.76. The van der Waals surface area contributed by atoms with Gasteiger partial charge in [-0.1, -0.05) is 5.10 Å². The maximum Gasteiger partial charge on any atom is 0.573 e. The molecule has 2 aromatic rings. The van der Waals surface area contributed by atoms with Crippen LogP contribution in [0.1, 0.15) is 35.1 Å². The van der Waals surface area contributed by atoms with Crippen molar-refractivity contribution in [3.05, 3.63) is 35.7 Å². The van der Waals surface area contributed by atoms with Crippen LogP contribution in [0, 0.1) is 0 Å². The molecule has 198 valence electrons. The van der Waals surface area contributed by atoms with Gasteiger partial charge in [0.15, 0.2) is 0 Å². The van der Waals surface area contributed by atoms with Gasteiger partial charge in [-0.3, -0.25) is 14.4 Å². The first-order chi connectivity index (χ1) is 16.8. The van der Waals surface area contributed by atoms with Crippen molar-refractivity contribution in [3.63, 3.8) is 0 Å². The normalized spacial score (nSPS) is 18.6. The number of ether oxygens (including phenoxy) is 3. The Bertz CT molecular complexity index is 1040. The number of likely N-dealkylation sites (tertiary alicyclic amines) is 1. The van der Waals surface area contributed by atoms with Crippen LogP contribution in [0.3, 0.4) is 0 Å². The highest BCUT2D eigenvalue weighted by molar-refractivity contribution is 5.94. The van der Waals surface area contributed by atoms with E-state index in [4.69, 9.17) is 9.15 Å². The van der Waals surface area contributed by atoms with Gasteiger partial charge in [0, 0.05) is 18.2 Å². The molecule has 36 heavy (non-hydrogen) atoms. The predicted octanol–water partition coefficient (Wildman–Crippen LogP) is 3.50. The average Bonchev–Trinajstić information content (AvgIpc) is 3.24. The predicted molar refractivity (Wildman–Crippen MR) is 103 cm³/mol. The number of carboxylic acid groups (broad SMARTS) is 1. The number of aromatic nitrogens is 2. The summed E-state index contributed by atoms with van der Waals surface area (Å²) in [6.07, 6.45) is -11.1. The zero-order valence-corrected chi connectivity index (χ0v) is 18.0. The summed E-state index contributed by atoms with van der Waals surface area (Å²) in [7, 11) is 0. The van der Waals surface area contributed by atoms with E-state index in [1.54, 1.807) is 0 Å². The third-order valence-corrected chi connectivity index (χ3v) is 4.79. The standard InChI is InChI=1S/C19H18F6N4O7/c20-18(21,22)34-8-7-33-16-28-27-15(35-16)13-6-3-11(9-29(13)17(31)32)26-14(30)10-1-4-12(5-2-10)36-19(23,24)25/h1-2,4-5,11,13H,3,6-9H2,(H,26,30)(H,31,32)/t11-,13+/m0/s1. The Labute approximate surface area is 197 Å². The number of benzene rings is 1. The molecule has 17 heteroatoms. The van der Waals surface area contributed by atoms with Gasteiger partial charge >= 0.3 is 24.9 Å². The van der Waals surface area contributed by atoms with Gasteiger partial charge in [-0.05, 0) is 37.1 Å². The maximum absolute atomic E-state index is 12.4. The van der Waals surface area contributed by atoms with E-state index in [1.165, 1.54) is 0 Å². The lowest BCUT2D eigenvalue weighted by molar-refractivity contribution is -0.325. The highest BCUT2D eigenvalue weighted by atomic mass is 19.4. The lowest BCUT2D eigenvalue weighted by Gasteiger charge is -2.36. The number of halogens is 6. The number of piperidine rings is 1. The van der Waals surface area contributed by atoms with Gasteiger partial charge in [0.05, 0.1) is 6.61 Å². The fourth-order valence-electron chi connectivity index (χ4n) is 3.33. The molecule has 1 aromatic heterocycles. The summed E-state index contributed by atoms with van der Waals surface area (Å²) in [5.74, 6) is -1.31. The first kappa shape index (κ1) is 26.8. The van der Waals surface area contributed by atoms with E-state index in [-0.39, 0.29) is 30.8 Å². The minimum atomic E-state index is -4.88. The van der Waals surface area contributed by atoms with Gasteiger partial charge in [-0.15, -0.1) is 31.4 Å². The molecule has 2 atom stereocenters. The van der Waals surface area contributed by atoms with E-state index < -0.39 is 61.8 Å². The third-order valence-electron chi connectivity index (χ3n) is 4.79. The van der Waals surface area contributed by atoms with Crippen LogP contribution in [0.4, 0.5) is 31.1 Å². The summed E-state index contributed by atoms with van der Waals surface area (Å²) in [6, 6.07) is 2.62. The fourth-order valence-corrected chi connectivity index (χ4v) is 3.33. The van der Waals surface area contributed by atoms with Crippen molar-refractivity contribution < 1.29 is 59.7 Å². The highest BCUT2D eigenvalue weighted by Crippen LogP contribution is 2.32. The number of hydrogen-bond donors (Lipinski definition) is 2. The van der Waals surface area contributed by atoms with Gasteiger partial charge < -0.3 is 24.3 Å². The van der Waals surface area contributed by atoms with Crippen LogP contribution in [0.2, 0.25) is 0 Å². The lowest BCUT2D eigenvalue weighted by atomic mass is 9.98. The van der Waals surface area contributed by atoms with E-state index in [2.05, 4.69) is 25.0 Å². The summed E-state index contributed by atoms with van der Waals surface area (Å²) < 4.78 is 90.0. The molecule has 2 heterocycles. The number of amides is 2. The number of rotatable bonds is 8. The molecule has 0 spiro atoms. The van der Waals surface area contributed by atoms with E-state index >= 15 is 0 Å². The molecule has 1 aliphatic rings. The summed E-state index contributed by atoms with van der Waals surface area (Å²) in [5, 5.41) is 19.4. The van der Waals surface area contributed by atoms with Crippen molar-refractivity contribution in [2.45, 2.75) is 37.7 Å². The molecule has 1 fully saturated rings. The van der Waals surface area contributed by atoms with E-state index in [1.807, 2.05) is 0 Å². The van der Waals surface area contributed by atoms with Crippen LogP contribution >= 0.6 is 0 Å². The SMILES string of the molecule is O=C(N[C@H]1CC[C@H](c2nnc(OCCOC(F)(F)F)o2)N(C(=O)O)C1)c1ccc(OC(F)(F)F)cc1. The van der Waals surface area contributed by atoms with Gasteiger partial charge in [0.1, 0.15) is 18.4 Å². The molecular formula is C19H18F6N4O7. The van der Waals surface area contributed by atoms with Crippen LogP contribution in [0.5, 0.6) is 11.8 Å². The Morgan fingerprint density at radius 1 is 1.06 bits per heavy atom. The van der Waals surface area contributed by atoms with Crippen molar-refractivity contribution in [2.24, 2.45) is 0 Å². The molecule has 3 rings (SSSR count). The van der Waals surface area contributed by atoms with E-state index in [9.17, 15) is 41.0 Å². The zero-order valence-electron chi connectivity index (χ0n) is 18.0. The second-order valence-corrected chi connectivity index (χ2v) is 7.32. The quantitative estimate of drug-likeness (QED) is 0.390. The second kappa shape index (κ2) is 10.9. The Kier molecular flexibility index (Phi) is 8.11. The van der Waals surface area contributed by atoms with Crippen LogP contribution in [-0.2, 0) is 4.74 Å². The first-order valence-electron chi connectivity index (χ1n) is 10.1. The highest BCUT2D eigenvalue weighted by Gasteiger charge is 2.37. The molecular weight excluding hydrogens is 510 g/mol. The van der Waals surface area contributed by atoms with Crippen molar-refractivity contribution in [2.75, 3.05) is 19.8 Å². The third kappa shape index (κ3) is 7.89. The minimum Gasteiger partial charge on any atom is -0.465 e. The largest absolute Gasteiger partial charge is 0.573 e. The number of carbonyl (C=O) groups excluding carboxylic acids is 1. The molecule has 1 aliphatic heterocycles. The monoisotopic (exact) mass is 528 g/mol. The molecule has 0 radical (unpaired) electrons. The van der Waals surface area contributed by atoms with E-state index in [0.29, 0.717) is 0 Å². The average molecular weight is 528 g/mol. The van der Waals surface area contributed by atoms with Gasteiger partial charge in [-0.25, -0.2) is 4.79 Å². The molecule has 11 nitrogen and oxygen atoms in total. The summed E-state index contributed by atoms with van der Waals surface area (Å²) in [5.41, 5.74) is 0.0294. The molecule has 0 saturated carbocycles. The summed E-state index contributed by atoms with van der Waals surface area (Å²) in [6.45, 7) is -1.56. The molecule has 0 bridgehead atoms. The van der Waals surface area contributed by atoms with Gasteiger partial charge in [-0.2, -0.15) is 0 Å². The summed E-state index contributed by atoms with van der Waals surface area (Å²) >= 11 is 0. The van der Waals surface area contributed by atoms with Crippen molar-refractivity contribution in [1.82, 2.24) is 20.4 Å². The second-order valence-electron chi connectivity index (χ2n) is 7.32. The van der Waals surface area contributed by atoms with Crippen LogP contribution < -0.4 is 14.8 Å². The zero-order chi connectivity index (χ0) is 26.5. The Balaban J connectivity index is 1.56. The van der Waals surface area contributed by atoms with Crippen LogP contribution in [-0.4, -0.2) is 70.7 Å². The maximum atomic E-state index is 12.4. The number of carbonyl (C=O) groups is 2. The van der Waals surface area contributed by atoms with Crippen molar-refractivity contribution in [1.29, 1.82) is 0 Å². The Morgan fingerprint density at radius 2 is 1.75 bits per heavy atom. The fraction of sp³-hybridized carbons (Fsp3) is 0.474. The van der Waals surface area contributed by atoms with Gasteiger partial charge in [0.2, 0.25) is 5.89 Å². The molecule has 1 saturated heterocycles. The minimum absolute atomic E-state index is 0.0294. The van der Waals surface area contributed by atoms with Crippen molar-refractivity contribution >= 4 is 12.0 Å². The lowest BCUT2D eigenvalue weighted by Crippen LogP contribution is -2.50. The van der Waals surface area contributed by atoms with E-state index in [0.717, 1.165) is 29.2 Å². The van der Waals surface area contributed by atoms with Gasteiger partial charge in [0.25, 0.3) is 5.91 Å². The topological polar surface area (TPSA) is 136 Å². The number of alkyl halides is 6. The van der Waals surface area contributed by atoms with Crippen molar-refractivity contribution in [3.8, 4) is 11.8 Å². The molecule has 2 N–H and O–H groups in total.